The van der Waals surface area contributed by atoms with E-state index in [2.05, 4.69) is 122 Å². The Balaban J connectivity index is 1.94. The monoisotopic (exact) mass is 564 g/mol. The lowest BCUT2D eigenvalue weighted by atomic mass is 10.4. The van der Waals surface area contributed by atoms with E-state index in [4.69, 9.17) is 4.12 Å². The summed E-state index contributed by atoms with van der Waals surface area (Å²) in [6.45, 7) is 0. The molecule has 7 heteroatoms. The van der Waals surface area contributed by atoms with Crippen molar-refractivity contribution in [2.45, 2.75) is 19.6 Å². The summed E-state index contributed by atoms with van der Waals surface area (Å²) in [6, 6.07) is 35.2. The third-order valence-corrected chi connectivity index (χ3v) is 14.9. The molecule has 0 unspecified atom stereocenters. The number of hydrogen-bond donors (Lipinski definition) is 0. The van der Waals surface area contributed by atoms with Crippen molar-refractivity contribution >= 4 is 85.9 Å². The summed E-state index contributed by atoms with van der Waals surface area (Å²) in [5.41, 5.74) is 0. The fourth-order valence-corrected chi connectivity index (χ4v) is 13.7. The van der Waals surface area contributed by atoms with Crippen molar-refractivity contribution in [1.82, 2.24) is 0 Å². The zero-order valence-corrected chi connectivity index (χ0v) is 25.5. The third kappa shape index (κ3) is 6.15. The van der Waals surface area contributed by atoms with Crippen LogP contribution in [-0.2, 0) is 4.12 Å². The smallest absolute Gasteiger partial charge is 0.274 e. The second kappa shape index (κ2) is 13.3. The van der Waals surface area contributed by atoms with E-state index in [1.807, 2.05) is 47.0 Å². The van der Waals surface area contributed by atoms with Crippen molar-refractivity contribution < 1.29 is 4.12 Å². The molecule has 0 spiro atoms. The van der Waals surface area contributed by atoms with Crippen LogP contribution in [0, 0.1) is 0 Å². The third-order valence-electron chi connectivity index (χ3n) is 5.61. The maximum atomic E-state index is 7.52. The van der Waals surface area contributed by atoms with E-state index in [1.165, 1.54) is 40.3 Å². The predicted molar refractivity (Wildman–Crippen MR) is 164 cm³/mol. The van der Waals surface area contributed by atoms with Gasteiger partial charge in [0, 0.05) is 19.6 Å². The van der Waals surface area contributed by atoms with Gasteiger partial charge in [-0.2, -0.15) is 0 Å². The average Bonchev–Trinajstić information content (AvgIpc) is 2.94. The normalized spacial score (nSPS) is 11.4. The lowest BCUT2D eigenvalue weighted by molar-refractivity contribution is 0.630. The molecule has 0 aliphatic carbocycles. The Bertz CT molecular complexity index is 1070. The summed E-state index contributed by atoms with van der Waals surface area (Å²) >= 11 is 7.23. The minimum absolute atomic E-state index is 1.30. The number of benzene rings is 4. The van der Waals surface area contributed by atoms with Crippen LogP contribution < -0.4 is 20.7 Å². The van der Waals surface area contributed by atoms with Gasteiger partial charge in [-0.25, -0.2) is 0 Å². The highest BCUT2D eigenvalue weighted by Crippen LogP contribution is 2.20. The van der Waals surface area contributed by atoms with Crippen molar-refractivity contribution in [2.24, 2.45) is 0 Å². The highest BCUT2D eigenvalue weighted by molar-refractivity contribution is 7.99. The van der Waals surface area contributed by atoms with E-state index in [1.54, 1.807) is 0 Å². The number of thioether (sulfide) groups is 4. The van der Waals surface area contributed by atoms with Gasteiger partial charge in [-0.15, -0.1) is 47.0 Å². The lowest BCUT2D eigenvalue weighted by Crippen LogP contribution is -2.57. The number of hydrogen-bond acceptors (Lipinski definition) is 5. The molecule has 1 nitrogen and oxygen atoms in total. The molecular formula is C28H28OS4Si2. The molecule has 0 N–H and O–H groups in total. The van der Waals surface area contributed by atoms with E-state index in [-0.39, 0.29) is 0 Å². The van der Waals surface area contributed by atoms with E-state index in [9.17, 15) is 0 Å². The Kier molecular flexibility index (Phi) is 10.1. The Morgan fingerprint density at radius 2 is 0.629 bits per heavy atom. The summed E-state index contributed by atoms with van der Waals surface area (Å²) in [6.07, 6.45) is 8.65. The van der Waals surface area contributed by atoms with Gasteiger partial charge in [-0.3, -0.25) is 0 Å². The van der Waals surface area contributed by atoms with Crippen LogP contribution in [0.5, 0.6) is 0 Å². The zero-order valence-electron chi connectivity index (χ0n) is 20.3. The highest BCUT2D eigenvalue weighted by Gasteiger charge is 2.33. The van der Waals surface area contributed by atoms with Crippen LogP contribution in [0.3, 0.4) is 0 Å². The van der Waals surface area contributed by atoms with Gasteiger partial charge < -0.3 is 4.12 Å². The molecule has 178 valence electrons. The van der Waals surface area contributed by atoms with Crippen molar-refractivity contribution in [1.29, 1.82) is 0 Å². The fourth-order valence-electron chi connectivity index (χ4n) is 3.94. The number of rotatable bonds is 10. The quantitative estimate of drug-likeness (QED) is 0.185. The molecule has 0 bridgehead atoms. The summed E-state index contributed by atoms with van der Waals surface area (Å²) < 4.78 is 7.52. The molecule has 0 heterocycles. The maximum Gasteiger partial charge on any atom is 0.274 e. The largest absolute Gasteiger partial charge is 0.442 e. The first kappa shape index (κ1) is 26.7. The molecule has 0 aromatic heterocycles. The first-order valence-electron chi connectivity index (χ1n) is 11.2. The van der Waals surface area contributed by atoms with Crippen molar-refractivity contribution in [3.05, 3.63) is 97.1 Å². The Hall–Kier alpha value is -1.33. The summed E-state index contributed by atoms with van der Waals surface area (Å²) in [7, 11) is -3.08. The van der Waals surface area contributed by atoms with Gasteiger partial charge in [-0.1, -0.05) is 72.8 Å². The molecule has 4 aromatic carbocycles. The van der Waals surface area contributed by atoms with Crippen LogP contribution in [0.25, 0.3) is 0 Å². The van der Waals surface area contributed by atoms with Gasteiger partial charge in [0.05, 0.1) is 0 Å². The minimum Gasteiger partial charge on any atom is -0.442 e. The van der Waals surface area contributed by atoms with E-state index in [0.717, 1.165) is 0 Å². The molecule has 2 radical (unpaired) electrons. The molecule has 4 rings (SSSR count). The lowest BCUT2D eigenvalue weighted by Gasteiger charge is -2.27. The van der Waals surface area contributed by atoms with Crippen LogP contribution in [0.2, 0.25) is 0 Å². The minimum atomic E-state index is -1.54. The van der Waals surface area contributed by atoms with Crippen LogP contribution in [0.1, 0.15) is 0 Å². The second-order valence-electron chi connectivity index (χ2n) is 7.56. The van der Waals surface area contributed by atoms with Gasteiger partial charge in [0.1, 0.15) is 0 Å². The Morgan fingerprint density at radius 1 is 0.400 bits per heavy atom. The zero-order chi connectivity index (χ0) is 24.6. The van der Waals surface area contributed by atoms with Crippen LogP contribution in [-0.4, -0.2) is 43.1 Å². The molecule has 0 aliphatic rings. The first-order chi connectivity index (χ1) is 17.2. The van der Waals surface area contributed by atoms with Crippen LogP contribution in [0.4, 0.5) is 0 Å². The van der Waals surface area contributed by atoms with Gasteiger partial charge in [0.25, 0.3) is 18.1 Å². The molecule has 4 aromatic rings. The summed E-state index contributed by atoms with van der Waals surface area (Å²) in [5.74, 6) is 0. The molecular weight excluding hydrogens is 537 g/mol. The average molecular weight is 565 g/mol. The van der Waals surface area contributed by atoms with E-state index < -0.39 is 18.1 Å². The van der Waals surface area contributed by atoms with Gasteiger partial charge in [-0.05, 0) is 70.0 Å². The standard InChI is InChI=1S/C28H28OS4Si2/c1-30-21-13-5-9-17-25(21)34(26-18-10-6-14-22(26)31-2)29-35(27-19-11-7-15-23(27)32-3)28-20-12-8-16-24(28)33-4/h5-20H,1-4H3. The molecule has 35 heavy (non-hydrogen) atoms. The van der Waals surface area contributed by atoms with E-state index in [0.29, 0.717) is 0 Å². The molecule has 0 amide bonds. The van der Waals surface area contributed by atoms with Crippen molar-refractivity contribution in [2.75, 3.05) is 25.0 Å². The van der Waals surface area contributed by atoms with Crippen molar-refractivity contribution in [3.63, 3.8) is 0 Å². The van der Waals surface area contributed by atoms with Gasteiger partial charge in [0.2, 0.25) is 0 Å². The van der Waals surface area contributed by atoms with Crippen LogP contribution >= 0.6 is 47.0 Å². The van der Waals surface area contributed by atoms with Crippen molar-refractivity contribution in [3.8, 4) is 0 Å². The fraction of sp³-hybridized carbons (Fsp3) is 0.143. The molecule has 0 fully saturated rings. The Labute approximate surface area is 230 Å². The topological polar surface area (TPSA) is 9.23 Å². The van der Waals surface area contributed by atoms with Crippen LogP contribution in [0.15, 0.2) is 117 Å². The SMILES string of the molecule is CSc1ccccc1[Si](O[Si](c1ccccc1SC)c1ccccc1SC)c1ccccc1SC. The molecule has 0 aliphatic heterocycles. The second-order valence-corrected chi connectivity index (χ2v) is 15.2. The predicted octanol–water partition coefficient (Wildman–Crippen LogP) is 5.50. The summed E-state index contributed by atoms with van der Waals surface area (Å²) in [5, 5.41) is 5.32. The summed E-state index contributed by atoms with van der Waals surface area (Å²) in [4.78, 5) is 5.20. The highest BCUT2D eigenvalue weighted by atomic mass is 32.2. The van der Waals surface area contributed by atoms with Gasteiger partial charge >= 0.3 is 0 Å². The van der Waals surface area contributed by atoms with E-state index >= 15 is 0 Å². The van der Waals surface area contributed by atoms with Gasteiger partial charge in [0.15, 0.2) is 0 Å². The molecule has 0 saturated heterocycles. The molecule has 0 atom stereocenters. The Morgan fingerprint density at radius 3 is 0.857 bits per heavy atom. The first-order valence-corrected chi connectivity index (χ1v) is 18.9. The maximum absolute atomic E-state index is 7.52. The molecule has 0 saturated carbocycles.